The van der Waals surface area contributed by atoms with Gasteiger partial charge >= 0.3 is 6.09 Å². The Morgan fingerprint density at radius 3 is 2.08 bits per heavy atom. The molecule has 0 spiro atoms. The number of Topliss-reactive ketones (excluding diaryl/α,β-unsaturated/α-hetero) is 1. The third-order valence-corrected chi connectivity index (χ3v) is 9.02. The fraction of sp³-hybridized carbons (Fsp3) is 0.500. The lowest BCUT2D eigenvalue weighted by Crippen LogP contribution is -2.50. The van der Waals surface area contributed by atoms with Crippen molar-refractivity contribution in [1.82, 2.24) is 5.32 Å². The van der Waals surface area contributed by atoms with E-state index >= 15 is 0 Å². The predicted octanol–water partition coefficient (Wildman–Crippen LogP) is 6.92. The summed E-state index contributed by atoms with van der Waals surface area (Å²) < 4.78 is 5.63. The highest BCUT2D eigenvalue weighted by Gasteiger charge is 2.37. The van der Waals surface area contributed by atoms with Crippen molar-refractivity contribution in [2.24, 2.45) is 11.8 Å². The van der Waals surface area contributed by atoms with Crippen LogP contribution in [-0.4, -0.2) is 31.6 Å². The van der Waals surface area contributed by atoms with Crippen molar-refractivity contribution < 1.29 is 14.3 Å². The number of hydrogen-bond donors (Lipinski definition) is 1. The van der Waals surface area contributed by atoms with Gasteiger partial charge in [-0.05, 0) is 69.0 Å². The summed E-state index contributed by atoms with van der Waals surface area (Å²) >= 11 is 0. The summed E-state index contributed by atoms with van der Waals surface area (Å²) in [5.74, 6) is 2.81. The number of rotatable bonds is 8. The topological polar surface area (TPSA) is 55.4 Å². The third kappa shape index (κ3) is 9.85. The first-order valence-corrected chi connectivity index (χ1v) is 16.9. The van der Waals surface area contributed by atoms with Crippen LogP contribution >= 0.6 is 0 Å². The van der Waals surface area contributed by atoms with Crippen molar-refractivity contribution in [1.29, 1.82) is 0 Å². The Bertz CT molecular complexity index is 1070. The zero-order chi connectivity index (χ0) is 26.9. The summed E-state index contributed by atoms with van der Waals surface area (Å²) in [6.07, 6.45) is 5.53. The molecule has 0 unspecified atom stereocenters. The number of amides is 1. The number of ketones is 1. The molecule has 1 saturated carbocycles. The van der Waals surface area contributed by atoms with Crippen LogP contribution in [0.3, 0.4) is 0 Å². The molecule has 1 N–H and O–H groups in total. The molecule has 2 aromatic rings. The first-order valence-electron chi connectivity index (χ1n) is 13.7. The van der Waals surface area contributed by atoms with Crippen LogP contribution in [0.25, 0.3) is 0 Å². The molecular formula is C32H43NO3Si. The molecule has 3 rings (SSSR count). The fourth-order valence-electron chi connectivity index (χ4n) is 5.21. The van der Waals surface area contributed by atoms with Crippen molar-refractivity contribution in [2.75, 3.05) is 0 Å². The molecule has 1 aliphatic rings. The molecule has 198 valence electrons. The fourth-order valence-corrected chi connectivity index (χ4v) is 7.01. The van der Waals surface area contributed by atoms with Crippen LogP contribution in [0.5, 0.6) is 0 Å². The molecule has 1 aliphatic carbocycles. The number of nitrogens with one attached hydrogen (secondary N) is 1. The Labute approximate surface area is 224 Å². The molecule has 0 aromatic heterocycles. The number of ether oxygens (including phenoxy) is 1. The van der Waals surface area contributed by atoms with Crippen LogP contribution < -0.4 is 5.32 Å². The minimum atomic E-state index is -1.98. The maximum absolute atomic E-state index is 13.9. The van der Waals surface area contributed by atoms with E-state index in [1.165, 1.54) is 12.0 Å². The van der Waals surface area contributed by atoms with Gasteiger partial charge in [0.1, 0.15) is 13.7 Å². The Hall–Kier alpha value is -2.84. The van der Waals surface area contributed by atoms with Crippen molar-refractivity contribution in [3.8, 4) is 11.5 Å². The largest absolute Gasteiger partial charge is 0.444 e. The Kier molecular flexibility index (Phi) is 10.2. The van der Waals surface area contributed by atoms with E-state index in [2.05, 4.69) is 42.0 Å². The van der Waals surface area contributed by atoms with Crippen LogP contribution in [0.2, 0.25) is 13.1 Å². The van der Waals surface area contributed by atoms with E-state index < -0.39 is 25.7 Å². The highest BCUT2D eigenvalue weighted by Crippen LogP contribution is 2.32. The van der Waals surface area contributed by atoms with Crippen molar-refractivity contribution in [3.63, 3.8) is 0 Å². The molecule has 0 radical (unpaired) electrons. The van der Waals surface area contributed by atoms with Crippen LogP contribution in [0.15, 0.2) is 60.7 Å². The zero-order valence-corrected chi connectivity index (χ0v) is 24.2. The van der Waals surface area contributed by atoms with Gasteiger partial charge in [0.05, 0.1) is 5.92 Å². The Morgan fingerprint density at radius 1 is 0.946 bits per heavy atom. The first kappa shape index (κ1) is 28.7. The van der Waals surface area contributed by atoms with Gasteiger partial charge in [-0.1, -0.05) is 93.0 Å². The van der Waals surface area contributed by atoms with E-state index in [-0.39, 0.29) is 17.7 Å². The summed E-state index contributed by atoms with van der Waals surface area (Å²) in [7, 11) is -1.98. The second-order valence-electron chi connectivity index (χ2n) is 12.0. The van der Waals surface area contributed by atoms with Crippen LogP contribution in [0, 0.1) is 23.3 Å². The summed E-state index contributed by atoms with van der Waals surface area (Å²) in [5, 5.41) is 3.14. The number of carbonyl (C=O) groups is 2. The van der Waals surface area contributed by atoms with Gasteiger partial charge in [0.15, 0.2) is 0 Å². The summed E-state index contributed by atoms with van der Waals surface area (Å²) in [4.78, 5) is 26.8. The van der Waals surface area contributed by atoms with Crippen molar-refractivity contribution in [2.45, 2.75) is 90.1 Å². The number of carbonyl (C=O) groups excluding carboxylic acids is 2. The maximum atomic E-state index is 13.9. The highest BCUT2D eigenvalue weighted by molar-refractivity contribution is 6.84. The van der Waals surface area contributed by atoms with E-state index in [9.17, 15) is 9.59 Å². The van der Waals surface area contributed by atoms with Gasteiger partial charge < -0.3 is 10.1 Å². The van der Waals surface area contributed by atoms with Gasteiger partial charge in [-0.25, -0.2) is 4.79 Å². The van der Waals surface area contributed by atoms with Crippen LogP contribution in [0.1, 0.15) is 64.0 Å². The standard InChI is InChI=1S/C32H43NO3Si/c1-32(2,3)36-31(35)33-30(27-19-13-8-14-20-27)28(23-25-15-9-6-10-16-25)29(34)21-22-37(4,5)24-26-17-11-7-12-18-26/h6-7,9-12,15-18,27-28,30H,8,13-14,19-20,23-24H2,1-5H3,(H,33,35)/t28-,30-/m1/s1. The van der Waals surface area contributed by atoms with Gasteiger partial charge in [0.2, 0.25) is 5.78 Å². The lowest BCUT2D eigenvalue weighted by Gasteiger charge is -2.35. The molecule has 1 fully saturated rings. The van der Waals surface area contributed by atoms with Gasteiger partial charge in [0, 0.05) is 6.04 Å². The Balaban J connectivity index is 1.90. The molecule has 5 heteroatoms. The van der Waals surface area contributed by atoms with E-state index in [1.807, 2.05) is 69.3 Å². The minimum Gasteiger partial charge on any atom is -0.444 e. The minimum absolute atomic E-state index is 0.0795. The smallest absolute Gasteiger partial charge is 0.407 e. The summed E-state index contributed by atoms with van der Waals surface area (Å²) in [6.45, 7) is 10.0. The van der Waals surface area contributed by atoms with E-state index in [0.717, 1.165) is 37.3 Å². The average Bonchev–Trinajstić information content (AvgIpc) is 2.85. The molecule has 2 atom stereocenters. The van der Waals surface area contributed by atoms with Crippen molar-refractivity contribution in [3.05, 3.63) is 71.8 Å². The van der Waals surface area contributed by atoms with Gasteiger partial charge in [0.25, 0.3) is 0 Å². The monoisotopic (exact) mass is 517 g/mol. The second-order valence-corrected chi connectivity index (χ2v) is 16.4. The molecule has 37 heavy (non-hydrogen) atoms. The van der Waals surface area contributed by atoms with E-state index in [1.54, 1.807) is 0 Å². The highest BCUT2D eigenvalue weighted by atomic mass is 28.3. The molecule has 4 nitrogen and oxygen atoms in total. The molecule has 0 heterocycles. The van der Waals surface area contributed by atoms with Crippen LogP contribution in [-0.2, 0) is 22.0 Å². The predicted molar refractivity (Wildman–Crippen MR) is 154 cm³/mol. The number of benzene rings is 2. The van der Waals surface area contributed by atoms with Gasteiger partial charge in [-0.2, -0.15) is 0 Å². The lowest BCUT2D eigenvalue weighted by molar-refractivity contribution is -0.118. The van der Waals surface area contributed by atoms with E-state index in [4.69, 9.17) is 4.74 Å². The van der Waals surface area contributed by atoms with Crippen molar-refractivity contribution >= 4 is 20.0 Å². The summed E-state index contributed by atoms with van der Waals surface area (Å²) in [5.41, 5.74) is 5.15. The lowest BCUT2D eigenvalue weighted by atomic mass is 9.75. The Morgan fingerprint density at radius 2 is 1.51 bits per heavy atom. The SMILES string of the molecule is CC(C)(C)OC(=O)N[C@H](C1CCCCC1)[C@H](Cc1ccccc1)C(=O)C#C[Si](C)(C)Cc1ccccc1. The molecule has 0 saturated heterocycles. The maximum Gasteiger partial charge on any atom is 0.407 e. The second kappa shape index (κ2) is 13.1. The molecule has 1 amide bonds. The van der Waals surface area contributed by atoms with E-state index in [0.29, 0.717) is 6.42 Å². The molecule has 0 aliphatic heterocycles. The number of alkyl carbamates (subject to hydrolysis) is 1. The van der Waals surface area contributed by atoms with Gasteiger partial charge in [-0.15, -0.1) is 5.54 Å². The first-order chi connectivity index (χ1) is 17.5. The number of hydrogen-bond acceptors (Lipinski definition) is 3. The normalized spacial score (nSPS) is 16.1. The van der Waals surface area contributed by atoms with Crippen LogP contribution in [0.4, 0.5) is 4.79 Å². The molecule has 0 bridgehead atoms. The molecular weight excluding hydrogens is 474 g/mol. The molecule has 2 aromatic carbocycles. The summed E-state index contributed by atoms with van der Waals surface area (Å²) in [6, 6.07) is 21.0. The quantitative estimate of drug-likeness (QED) is 0.305. The van der Waals surface area contributed by atoms with Gasteiger partial charge in [-0.3, -0.25) is 4.79 Å². The average molecular weight is 518 g/mol. The zero-order valence-electron chi connectivity index (χ0n) is 23.2. The third-order valence-electron chi connectivity index (χ3n) is 6.92.